The molecule has 0 saturated carbocycles. The fraction of sp³-hybridized carbons (Fsp3) is 0.255. The standard InChI is InChI=1S/C51H51N5O7S2/c1-33(2)46(49(60)52-28-45(57)62-3)56-48(59)44(31-65-51(34-17-7-4-8-18-34,35-19-9-5-10-20-35)36-21-11-6-12-22-36)54-47(58)43(27-37-30-64-32-53-37)55-50(61)63-29-42-40-25-15-13-23-38(40)39-24-14-16-26-41(39)42/h4-26,30,32-33,42-44,46H,27-29,31H2,1-3H3,(H,52,60)(H,54,58)(H,55,61)(H,56,59)/t43-,44-,46-/m1/s1. The van der Waals surface area contributed by atoms with Crippen LogP contribution in [0, 0.1) is 5.92 Å². The molecule has 334 valence electrons. The molecule has 14 heteroatoms. The SMILES string of the molecule is COC(=O)CNC(=O)[C@H](NC(=O)[C@@H](CSC(c1ccccc1)(c1ccccc1)c1ccccc1)NC(=O)[C@@H](Cc1cscn1)NC(=O)OCC1c2ccccc2-c2ccccc21)C(C)C. The van der Waals surface area contributed by atoms with E-state index >= 15 is 0 Å². The molecule has 1 aliphatic carbocycles. The van der Waals surface area contributed by atoms with Crippen molar-refractivity contribution < 1.29 is 33.4 Å². The molecule has 0 aliphatic heterocycles. The highest BCUT2D eigenvalue weighted by Gasteiger charge is 2.40. The number of alkyl carbamates (subject to hydrolysis) is 1. The fourth-order valence-electron chi connectivity index (χ4n) is 8.10. The number of esters is 1. The summed E-state index contributed by atoms with van der Waals surface area (Å²) in [4.78, 5) is 72.9. The number of nitrogens with one attached hydrogen (secondary N) is 4. The molecule has 1 heterocycles. The van der Waals surface area contributed by atoms with Gasteiger partial charge in [0.1, 0.15) is 31.3 Å². The molecular weight excluding hydrogens is 859 g/mol. The Balaban J connectivity index is 1.19. The van der Waals surface area contributed by atoms with Gasteiger partial charge in [0.05, 0.1) is 23.1 Å². The fourth-order valence-corrected chi connectivity index (χ4v) is 10.2. The number of carbonyl (C=O) groups is 5. The van der Waals surface area contributed by atoms with Gasteiger partial charge in [-0.3, -0.25) is 19.2 Å². The van der Waals surface area contributed by atoms with E-state index in [1.165, 1.54) is 30.2 Å². The van der Waals surface area contributed by atoms with E-state index in [4.69, 9.17) is 9.47 Å². The maximum atomic E-state index is 14.7. The molecular formula is C51H51N5O7S2. The van der Waals surface area contributed by atoms with Crippen molar-refractivity contribution in [2.75, 3.05) is 26.0 Å². The van der Waals surface area contributed by atoms with Crippen molar-refractivity contribution in [2.45, 2.75) is 49.1 Å². The Kier molecular flexibility index (Phi) is 15.5. The summed E-state index contributed by atoms with van der Waals surface area (Å²) in [5.74, 6) is -3.15. The first-order valence-electron chi connectivity index (χ1n) is 21.3. The van der Waals surface area contributed by atoms with Crippen LogP contribution in [0.15, 0.2) is 150 Å². The van der Waals surface area contributed by atoms with Gasteiger partial charge in [0.25, 0.3) is 0 Å². The zero-order chi connectivity index (χ0) is 45.8. The summed E-state index contributed by atoms with van der Waals surface area (Å²) in [6.07, 6.45) is -0.802. The van der Waals surface area contributed by atoms with Gasteiger partial charge in [-0.1, -0.05) is 153 Å². The van der Waals surface area contributed by atoms with E-state index in [-0.39, 0.29) is 24.7 Å². The minimum Gasteiger partial charge on any atom is -0.468 e. The predicted octanol–water partition coefficient (Wildman–Crippen LogP) is 7.23. The highest BCUT2D eigenvalue weighted by Crippen LogP contribution is 2.49. The van der Waals surface area contributed by atoms with Gasteiger partial charge in [0.15, 0.2) is 0 Å². The third-order valence-electron chi connectivity index (χ3n) is 11.4. The minimum atomic E-state index is -1.25. The lowest BCUT2D eigenvalue weighted by atomic mass is 9.84. The van der Waals surface area contributed by atoms with Gasteiger partial charge in [-0.25, -0.2) is 9.78 Å². The molecule has 0 fully saturated rings. The van der Waals surface area contributed by atoms with E-state index < -0.39 is 65.1 Å². The van der Waals surface area contributed by atoms with E-state index in [2.05, 4.69) is 38.4 Å². The monoisotopic (exact) mass is 909 g/mol. The molecule has 7 rings (SSSR count). The summed E-state index contributed by atoms with van der Waals surface area (Å²) in [5.41, 5.74) is 9.26. The average Bonchev–Trinajstić information content (AvgIpc) is 3.98. The molecule has 12 nitrogen and oxygen atoms in total. The normalized spacial score (nSPS) is 13.4. The number of amides is 4. The number of hydrogen-bond acceptors (Lipinski definition) is 10. The second-order valence-electron chi connectivity index (χ2n) is 15.9. The van der Waals surface area contributed by atoms with Crippen LogP contribution in [0.4, 0.5) is 4.79 Å². The number of ether oxygens (including phenoxy) is 2. The molecule has 4 N–H and O–H groups in total. The second kappa shape index (κ2) is 21.7. The third-order valence-corrected chi connectivity index (χ3v) is 13.6. The van der Waals surface area contributed by atoms with Gasteiger partial charge in [-0.2, -0.15) is 0 Å². The zero-order valence-electron chi connectivity index (χ0n) is 36.3. The summed E-state index contributed by atoms with van der Waals surface area (Å²) < 4.78 is 9.70. The van der Waals surface area contributed by atoms with Crippen LogP contribution >= 0.6 is 23.1 Å². The van der Waals surface area contributed by atoms with Crippen LogP contribution in [-0.4, -0.2) is 78.9 Å². The molecule has 5 aromatic carbocycles. The van der Waals surface area contributed by atoms with Gasteiger partial charge in [-0.05, 0) is 44.9 Å². The molecule has 1 aromatic heterocycles. The second-order valence-corrected chi connectivity index (χ2v) is 17.8. The number of carbonyl (C=O) groups excluding carboxylic acids is 5. The van der Waals surface area contributed by atoms with Gasteiger partial charge >= 0.3 is 12.1 Å². The van der Waals surface area contributed by atoms with Crippen molar-refractivity contribution >= 4 is 52.9 Å². The lowest BCUT2D eigenvalue weighted by Crippen LogP contribution is -2.59. The number of fused-ring (bicyclic) bond motifs is 3. The van der Waals surface area contributed by atoms with Crippen LogP contribution in [-0.2, 0) is 39.8 Å². The highest BCUT2D eigenvalue weighted by molar-refractivity contribution is 8.00. The molecule has 0 saturated heterocycles. The van der Waals surface area contributed by atoms with E-state index in [0.29, 0.717) is 5.69 Å². The van der Waals surface area contributed by atoms with Gasteiger partial charge in [0, 0.05) is 23.5 Å². The smallest absolute Gasteiger partial charge is 0.407 e. The van der Waals surface area contributed by atoms with Crippen LogP contribution in [0.1, 0.15) is 53.3 Å². The number of hydrogen-bond donors (Lipinski definition) is 4. The van der Waals surface area contributed by atoms with Crippen LogP contribution in [0.3, 0.4) is 0 Å². The van der Waals surface area contributed by atoms with Crippen LogP contribution in [0.5, 0.6) is 0 Å². The Labute approximate surface area is 386 Å². The summed E-state index contributed by atoms with van der Waals surface area (Å²) in [7, 11) is 1.21. The Morgan fingerprint density at radius 3 is 1.71 bits per heavy atom. The van der Waals surface area contributed by atoms with Crippen molar-refractivity contribution in [1.82, 2.24) is 26.3 Å². The quantitative estimate of drug-likeness (QED) is 0.0485. The molecule has 6 aromatic rings. The van der Waals surface area contributed by atoms with Crippen LogP contribution in [0.2, 0.25) is 0 Å². The number of methoxy groups -OCH3 is 1. The third kappa shape index (κ3) is 11.0. The maximum Gasteiger partial charge on any atom is 0.407 e. The van der Waals surface area contributed by atoms with Crippen molar-refractivity contribution in [3.63, 3.8) is 0 Å². The molecule has 0 radical (unpaired) electrons. The maximum absolute atomic E-state index is 14.7. The topological polar surface area (TPSA) is 165 Å². The van der Waals surface area contributed by atoms with Crippen LogP contribution in [0.25, 0.3) is 11.1 Å². The lowest BCUT2D eigenvalue weighted by molar-refractivity contribution is -0.141. The lowest BCUT2D eigenvalue weighted by Gasteiger charge is -2.37. The Hall–Kier alpha value is -6.77. The number of aromatic nitrogens is 1. The average molecular weight is 910 g/mol. The summed E-state index contributed by atoms with van der Waals surface area (Å²) >= 11 is 2.80. The number of thiazole rings is 1. The Morgan fingerprint density at radius 2 is 1.20 bits per heavy atom. The van der Waals surface area contributed by atoms with E-state index in [1.54, 1.807) is 24.7 Å². The highest BCUT2D eigenvalue weighted by atomic mass is 32.2. The molecule has 0 unspecified atom stereocenters. The van der Waals surface area contributed by atoms with Crippen molar-refractivity contribution in [2.24, 2.45) is 5.92 Å². The Morgan fingerprint density at radius 1 is 0.677 bits per heavy atom. The first-order valence-corrected chi connectivity index (χ1v) is 23.3. The summed E-state index contributed by atoms with van der Waals surface area (Å²) in [5, 5.41) is 12.9. The number of thioether (sulfide) groups is 1. The van der Waals surface area contributed by atoms with Crippen molar-refractivity contribution in [3.8, 4) is 11.1 Å². The molecule has 4 amide bonds. The van der Waals surface area contributed by atoms with Gasteiger partial charge < -0.3 is 30.7 Å². The first-order chi connectivity index (χ1) is 31.6. The number of nitrogens with zero attached hydrogens (tertiary/aromatic N) is 1. The van der Waals surface area contributed by atoms with Gasteiger partial charge in [-0.15, -0.1) is 23.1 Å². The first kappa shape index (κ1) is 46.2. The summed E-state index contributed by atoms with van der Waals surface area (Å²) in [6.45, 7) is 3.16. The molecule has 65 heavy (non-hydrogen) atoms. The van der Waals surface area contributed by atoms with Crippen molar-refractivity contribution in [3.05, 3.63) is 184 Å². The van der Waals surface area contributed by atoms with Gasteiger partial charge in [0.2, 0.25) is 17.7 Å². The minimum absolute atomic E-state index is 0.00749. The van der Waals surface area contributed by atoms with Crippen molar-refractivity contribution in [1.29, 1.82) is 0 Å². The predicted molar refractivity (Wildman–Crippen MR) is 253 cm³/mol. The number of rotatable bonds is 19. The zero-order valence-corrected chi connectivity index (χ0v) is 37.9. The molecule has 0 spiro atoms. The van der Waals surface area contributed by atoms with Crippen LogP contribution < -0.4 is 21.3 Å². The van der Waals surface area contributed by atoms with E-state index in [1.807, 2.05) is 127 Å². The Bertz CT molecular complexity index is 2420. The molecule has 1 aliphatic rings. The van der Waals surface area contributed by atoms with E-state index in [9.17, 15) is 24.0 Å². The number of benzene rings is 5. The molecule has 0 bridgehead atoms. The largest absolute Gasteiger partial charge is 0.468 e. The summed E-state index contributed by atoms with van der Waals surface area (Å²) in [6, 6.07) is 42.2. The molecule has 3 atom stereocenters. The van der Waals surface area contributed by atoms with E-state index in [0.717, 1.165) is 38.9 Å².